The smallest absolute Gasteiger partial charge is 0.0613 e. The van der Waals surface area contributed by atoms with Crippen LogP contribution in [0.3, 0.4) is 0 Å². The van der Waals surface area contributed by atoms with Crippen molar-refractivity contribution in [1.82, 2.24) is 5.32 Å². The van der Waals surface area contributed by atoms with Gasteiger partial charge in [0.15, 0.2) is 0 Å². The van der Waals surface area contributed by atoms with Gasteiger partial charge in [0.25, 0.3) is 0 Å². The first-order valence-electron chi connectivity index (χ1n) is 6.56. The molecule has 0 heterocycles. The standard InChI is InChI=1S/C14H19Cl2NOS/c1-2-17-14(9-18)6-5-11(8-14)19-13-7-10(15)3-4-12(13)16/h3-4,7,11,17-18H,2,5-6,8-9H2,1H3. The molecule has 0 bridgehead atoms. The van der Waals surface area contributed by atoms with Gasteiger partial charge < -0.3 is 10.4 Å². The third-order valence-electron chi connectivity index (χ3n) is 3.60. The van der Waals surface area contributed by atoms with Crippen LogP contribution in [-0.4, -0.2) is 29.0 Å². The van der Waals surface area contributed by atoms with Gasteiger partial charge in [-0.05, 0) is 44.0 Å². The molecule has 1 saturated carbocycles. The van der Waals surface area contributed by atoms with Crippen LogP contribution in [0.2, 0.25) is 10.0 Å². The molecular formula is C14H19Cl2NOS. The Morgan fingerprint density at radius 3 is 2.95 bits per heavy atom. The van der Waals surface area contributed by atoms with Crippen molar-refractivity contribution < 1.29 is 5.11 Å². The van der Waals surface area contributed by atoms with Crippen molar-refractivity contribution in [2.24, 2.45) is 0 Å². The van der Waals surface area contributed by atoms with Crippen LogP contribution in [0, 0.1) is 0 Å². The zero-order valence-corrected chi connectivity index (χ0v) is 13.3. The Morgan fingerprint density at radius 1 is 1.47 bits per heavy atom. The molecule has 19 heavy (non-hydrogen) atoms. The highest BCUT2D eigenvalue weighted by Gasteiger charge is 2.38. The summed E-state index contributed by atoms with van der Waals surface area (Å²) in [4.78, 5) is 1.03. The Balaban J connectivity index is 2.03. The molecular weight excluding hydrogens is 301 g/mol. The molecule has 2 N–H and O–H groups in total. The van der Waals surface area contributed by atoms with Gasteiger partial charge in [-0.1, -0.05) is 30.1 Å². The van der Waals surface area contributed by atoms with Gasteiger partial charge in [0.05, 0.1) is 11.6 Å². The lowest BCUT2D eigenvalue weighted by Gasteiger charge is -2.28. The average Bonchev–Trinajstić information content (AvgIpc) is 2.78. The number of thioether (sulfide) groups is 1. The molecule has 1 aliphatic carbocycles. The largest absolute Gasteiger partial charge is 0.394 e. The molecule has 0 radical (unpaired) electrons. The van der Waals surface area contributed by atoms with E-state index in [1.54, 1.807) is 17.8 Å². The maximum Gasteiger partial charge on any atom is 0.0613 e. The highest BCUT2D eigenvalue weighted by Crippen LogP contribution is 2.42. The molecule has 0 amide bonds. The van der Waals surface area contributed by atoms with Crippen molar-refractivity contribution >= 4 is 35.0 Å². The fraction of sp³-hybridized carbons (Fsp3) is 0.571. The predicted octanol–water partition coefficient (Wildman–Crippen LogP) is 3.98. The van der Waals surface area contributed by atoms with Crippen molar-refractivity contribution in [3.05, 3.63) is 28.2 Å². The van der Waals surface area contributed by atoms with Crippen molar-refractivity contribution in [2.75, 3.05) is 13.2 Å². The first kappa shape index (κ1) is 15.5. The molecule has 2 unspecified atom stereocenters. The van der Waals surface area contributed by atoms with Crippen molar-refractivity contribution in [2.45, 2.75) is 41.9 Å². The summed E-state index contributed by atoms with van der Waals surface area (Å²) >= 11 is 14.0. The Labute approximate surface area is 128 Å². The summed E-state index contributed by atoms with van der Waals surface area (Å²) in [5.41, 5.74) is -0.114. The molecule has 1 aromatic rings. The van der Waals surface area contributed by atoms with Gasteiger partial charge in [-0.15, -0.1) is 11.8 Å². The fourth-order valence-corrected chi connectivity index (χ4v) is 4.52. The minimum atomic E-state index is -0.114. The minimum Gasteiger partial charge on any atom is -0.394 e. The number of aliphatic hydroxyl groups excluding tert-OH is 1. The monoisotopic (exact) mass is 319 g/mol. The van der Waals surface area contributed by atoms with E-state index in [0.717, 1.165) is 35.7 Å². The normalized spacial score (nSPS) is 26.8. The number of halogens is 2. The van der Waals surface area contributed by atoms with Gasteiger partial charge in [0.1, 0.15) is 0 Å². The lowest BCUT2D eigenvalue weighted by atomic mass is 9.99. The maximum atomic E-state index is 9.61. The summed E-state index contributed by atoms with van der Waals surface area (Å²) in [6, 6.07) is 5.56. The summed E-state index contributed by atoms with van der Waals surface area (Å²) in [5, 5.41) is 15.0. The van der Waals surface area contributed by atoms with Crippen LogP contribution in [-0.2, 0) is 0 Å². The topological polar surface area (TPSA) is 32.3 Å². The Kier molecular flexibility index (Phi) is 5.44. The van der Waals surface area contributed by atoms with Crippen LogP contribution in [0.1, 0.15) is 26.2 Å². The molecule has 1 aliphatic rings. The van der Waals surface area contributed by atoms with E-state index in [-0.39, 0.29) is 12.1 Å². The predicted molar refractivity (Wildman–Crippen MR) is 83.5 cm³/mol. The molecule has 2 atom stereocenters. The fourth-order valence-electron chi connectivity index (χ4n) is 2.66. The van der Waals surface area contributed by atoms with Crippen LogP contribution >= 0.6 is 35.0 Å². The third-order valence-corrected chi connectivity index (χ3v) is 5.61. The number of likely N-dealkylation sites (N-methyl/N-ethyl adjacent to an activating group) is 1. The molecule has 1 fully saturated rings. The lowest BCUT2D eigenvalue weighted by Crippen LogP contribution is -2.46. The van der Waals surface area contributed by atoms with Gasteiger partial charge in [0, 0.05) is 20.7 Å². The molecule has 0 saturated heterocycles. The van der Waals surface area contributed by atoms with Crippen LogP contribution < -0.4 is 5.32 Å². The molecule has 106 valence electrons. The zero-order chi connectivity index (χ0) is 13.9. The van der Waals surface area contributed by atoms with Gasteiger partial charge in [-0.3, -0.25) is 0 Å². The molecule has 0 aromatic heterocycles. The molecule has 0 spiro atoms. The van der Waals surface area contributed by atoms with E-state index in [1.807, 2.05) is 12.1 Å². The Morgan fingerprint density at radius 2 is 2.26 bits per heavy atom. The Bertz CT molecular complexity index is 443. The molecule has 2 rings (SSSR count). The van der Waals surface area contributed by atoms with E-state index >= 15 is 0 Å². The van der Waals surface area contributed by atoms with Crippen molar-refractivity contribution in [1.29, 1.82) is 0 Å². The second kappa shape index (κ2) is 6.68. The van der Waals surface area contributed by atoms with E-state index < -0.39 is 0 Å². The summed E-state index contributed by atoms with van der Waals surface area (Å²) in [6.45, 7) is 3.16. The van der Waals surface area contributed by atoms with Gasteiger partial charge in [0.2, 0.25) is 0 Å². The minimum absolute atomic E-state index is 0.114. The summed E-state index contributed by atoms with van der Waals surface area (Å²) in [5.74, 6) is 0. The van der Waals surface area contributed by atoms with Gasteiger partial charge >= 0.3 is 0 Å². The number of nitrogens with one attached hydrogen (secondary N) is 1. The summed E-state index contributed by atoms with van der Waals surface area (Å²) in [6.07, 6.45) is 3.05. The molecule has 0 aliphatic heterocycles. The van der Waals surface area contributed by atoms with Crippen LogP contribution in [0.4, 0.5) is 0 Å². The van der Waals surface area contributed by atoms with E-state index in [0.29, 0.717) is 10.3 Å². The molecule has 1 aromatic carbocycles. The van der Waals surface area contributed by atoms with E-state index in [2.05, 4.69) is 12.2 Å². The first-order chi connectivity index (χ1) is 9.08. The number of aliphatic hydroxyl groups is 1. The van der Waals surface area contributed by atoms with E-state index in [9.17, 15) is 5.11 Å². The summed E-state index contributed by atoms with van der Waals surface area (Å²) in [7, 11) is 0. The van der Waals surface area contributed by atoms with Crippen LogP contribution in [0.5, 0.6) is 0 Å². The highest BCUT2D eigenvalue weighted by atomic mass is 35.5. The number of rotatable bonds is 5. The molecule has 2 nitrogen and oxygen atoms in total. The number of hydrogen-bond acceptors (Lipinski definition) is 3. The lowest BCUT2D eigenvalue weighted by molar-refractivity contribution is 0.167. The SMILES string of the molecule is CCNC1(CO)CCC(Sc2cc(Cl)ccc2Cl)C1. The Hall–Kier alpha value is 0.0700. The summed E-state index contributed by atoms with van der Waals surface area (Å²) < 4.78 is 0. The third kappa shape index (κ3) is 3.79. The van der Waals surface area contributed by atoms with Crippen LogP contribution in [0.25, 0.3) is 0 Å². The maximum absolute atomic E-state index is 9.61. The van der Waals surface area contributed by atoms with E-state index in [1.165, 1.54) is 0 Å². The van der Waals surface area contributed by atoms with Crippen molar-refractivity contribution in [3.63, 3.8) is 0 Å². The highest BCUT2D eigenvalue weighted by molar-refractivity contribution is 8.00. The number of hydrogen-bond donors (Lipinski definition) is 2. The van der Waals surface area contributed by atoms with Gasteiger partial charge in [-0.2, -0.15) is 0 Å². The quantitative estimate of drug-likeness (QED) is 0.861. The average molecular weight is 320 g/mol. The first-order valence-corrected chi connectivity index (χ1v) is 8.20. The zero-order valence-electron chi connectivity index (χ0n) is 11.0. The second-order valence-corrected chi connectivity index (χ2v) is 7.21. The molecule has 5 heteroatoms. The van der Waals surface area contributed by atoms with E-state index in [4.69, 9.17) is 23.2 Å². The second-order valence-electron chi connectivity index (χ2n) is 5.03. The number of benzene rings is 1. The van der Waals surface area contributed by atoms with Crippen LogP contribution in [0.15, 0.2) is 23.1 Å². The van der Waals surface area contributed by atoms with Gasteiger partial charge in [-0.25, -0.2) is 0 Å². The van der Waals surface area contributed by atoms with Crippen molar-refractivity contribution in [3.8, 4) is 0 Å².